The molecular weight excluding hydrogens is 156 g/mol. The second-order valence-corrected chi connectivity index (χ2v) is 2.70. The fourth-order valence-corrected chi connectivity index (χ4v) is 0.732. The van der Waals surface area contributed by atoms with E-state index in [1.54, 1.807) is 6.92 Å². The summed E-state index contributed by atoms with van der Waals surface area (Å²) in [7, 11) is 0. The summed E-state index contributed by atoms with van der Waals surface area (Å²) in [5.74, 6) is 0.627. The van der Waals surface area contributed by atoms with E-state index in [0.717, 1.165) is 6.42 Å². The summed E-state index contributed by atoms with van der Waals surface area (Å²) in [4.78, 5) is 3.97. The molecular formula is C7H14N4O. The van der Waals surface area contributed by atoms with Crippen molar-refractivity contribution in [1.82, 2.24) is 10.1 Å². The number of rotatable bonds is 4. The molecule has 1 rings (SSSR count). The third kappa shape index (κ3) is 2.50. The first kappa shape index (κ1) is 8.99. The van der Waals surface area contributed by atoms with Gasteiger partial charge in [-0.25, -0.2) is 0 Å². The topological polar surface area (TPSA) is 77.0 Å². The Bertz CT molecular complexity index is 235. The molecule has 1 atom stereocenters. The van der Waals surface area contributed by atoms with Crippen LogP contribution in [0.4, 0.5) is 6.01 Å². The van der Waals surface area contributed by atoms with Gasteiger partial charge in [0.05, 0.1) is 0 Å². The van der Waals surface area contributed by atoms with Crippen LogP contribution in [0, 0.1) is 6.92 Å². The molecule has 0 radical (unpaired) electrons. The highest BCUT2D eigenvalue weighted by Crippen LogP contribution is 2.01. The van der Waals surface area contributed by atoms with Gasteiger partial charge in [0.2, 0.25) is 0 Å². The smallest absolute Gasteiger partial charge is 0.321 e. The maximum absolute atomic E-state index is 5.68. The molecule has 3 N–H and O–H groups in total. The van der Waals surface area contributed by atoms with Gasteiger partial charge in [-0.15, -0.1) is 0 Å². The van der Waals surface area contributed by atoms with Crippen molar-refractivity contribution in [2.24, 2.45) is 5.73 Å². The van der Waals surface area contributed by atoms with Gasteiger partial charge in [0.25, 0.3) is 0 Å². The van der Waals surface area contributed by atoms with Crippen molar-refractivity contribution in [2.75, 3.05) is 11.9 Å². The van der Waals surface area contributed by atoms with Gasteiger partial charge in [0.1, 0.15) is 0 Å². The van der Waals surface area contributed by atoms with Crippen LogP contribution in [0.2, 0.25) is 0 Å². The first-order chi connectivity index (χ1) is 5.72. The predicted octanol–water partition coefficient (Wildman–Crippen LogP) is 0.527. The van der Waals surface area contributed by atoms with E-state index in [2.05, 4.69) is 15.5 Å². The molecule has 5 nitrogen and oxygen atoms in total. The average molecular weight is 170 g/mol. The third-order valence-corrected chi connectivity index (χ3v) is 1.57. The van der Waals surface area contributed by atoms with Crippen LogP contribution in [-0.4, -0.2) is 22.7 Å². The van der Waals surface area contributed by atoms with Crippen molar-refractivity contribution in [3.63, 3.8) is 0 Å². The fraction of sp³-hybridized carbons (Fsp3) is 0.714. The Morgan fingerprint density at radius 3 is 2.92 bits per heavy atom. The lowest BCUT2D eigenvalue weighted by Gasteiger charge is -2.06. The Morgan fingerprint density at radius 1 is 1.67 bits per heavy atom. The van der Waals surface area contributed by atoms with E-state index in [0.29, 0.717) is 18.4 Å². The maximum atomic E-state index is 5.68. The number of aryl methyl sites for hydroxylation is 1. The molecule has 12 heavy (non-hydrogen) atoms. The molecule has 1 heterocycles. The van der Waals surface area contributed by atoms with Crippen molar-refractivity contribution >= 4 is 6.01 Å². The van der Waals surface area contributed by atoms with Crippen LogP contribution in [0.15, 0.2) is 4.52 Å². The van der Waals surface area contributed by atoms with Gasteiger partial charge in [-0.3, -0.25) is 0 Å². The van der Waals surface area contributed by atoms with Crippen LogP contribution in [0.1, 0.15) is 19.2 Å². The van der Waals surface area contributed by atoms with Crippen molar-refractivity contribution < 1.29 is 4.52 Å². The van der Waals surface area contributed by atoms with Crippen molar-refractivity contribution in [1.29, 1.82) is 0 Å². The van der Waals surface area contributed by atoms with E-state index in [9.17, 15) is 0 Å². The van der Waals surface area contributed by atoms with Crippen LogP contribution in [0.5, 0.6) is 0 Å². The molecule has 1 unspecified atom stereocenters. The number of hydrogen-bond donors (Lipinski definition) is 2. The molecule has 0 fully saturated rings. The molecule has 0 aromatic carbocycles. The minimum atomic E-state index is 0.136. The Morgan fingerprint density at radius 2 is 2.42 bits per heavy atom. The van der Waals surface area contributed by atoms with Gasteiger partial charge in [0, 0.05) is 12.6 Å². The minimum absolute atomic E-state index is 0.136. The number of hydrogen-bond acceptors (Lipinski definition) is 5. The average Bonchev–Trinajstić information content (AvgIpc) is 2.47. The fourth-order valence-electron chi connectivity index (χ4n) is 0.732. The standard InChI is InChI=1S/C7H14N4O/c1-3-6(8)4-9-7-10-5(2)11-12-7/h6H,3-4,8H2,1-2H3,(H,9,10,11). The molecule has 0 aliphatic carbocycles. The highest BCUT2D eigenvalue weighted by molar-refractivity contribution is 5.17. The summed E-state index contributed by atoms with van der Waals surface area (Å²) in [5, 5.41) is 6.58. The van der Waals surface area contributed by atoms with Crippen LogP contribution < -0.4 is 11.1 Å². The van der Waals surface area contributed by atoms with Crippen molar-refractivity contribution in [3.8, 4) is 0 Å². The molecule has 0 saturated heterocycles. The second-order valence-electron chi connectivity index (χ2n) is 2.70. The lowest BCUT2D eigenvalue weighted by molar-refractivity contribution is 0.424. The predicted molar refractivity (Wildman–Crippen MR) is 45.8 cm³/mol. The van der Waals surface area contributed by atoms with Crippen molar-refractivity contribution in [3.05, 3.63) is 5.82 Å². The van der Waals surface area contributed by atoms with Crippen molar-refractivity contribution in [2.45, 2.75) is 26.3 Å². The molecule has 0 spiro atoms. The summed E-state index contributed by atoms with van der Waals surface area (Å²) in [5.41, 5.74) is 5.68. The zero-order valence-electron chi connectivity index (χ0n) is 7.37. The van der Waals surface area contributed by atoms with E-state index < -0.39 is 0 Å². The molecule has 1 aromatic rings. The van der Waals surface area contributed by atoms with Gasteiger partial charge < -0.3 is 15.6 Å². The van der Waals surface area contributed by atoms with Crippen LogP contribution in [0.3, 0.4) is 0 Å². The monoisotopic (exact) mass is 170 g/mol. The largest absolute Gasteiger partial charge is 0.336 e. The Labute approximate surface area is 71.3 Å². The van der Waals surface area contributed by atoms with Gasteiger partial charge in [0.15, 0.2) is 5.82 Å². The quantitative estimate of drug-likeness (QED) is 0.689. The first-order valence-corrected chi connectivity index (χ1v) is 4.02. The molecule has 0 bridgehead atoms. The second kappa shape index (κ2) is 4.06. The summed E-state index contributed by atoms with van der Waals surface area (Å²) in [6.45, 7) is 4.47. The molecule has 1 aromatic heterocycles. The lowest BCUT2D eigenvalue weighted by atomic mass is 10.2. The van der Waals surface area contributed by atoms with E-state index in [1.807, 2.05) is 6.92 Å². The molecule has 68 valence electrons. The van der Waals surface area contributed by atoms with Gasteiger partial charge in [-0.1, -0.05) is 12.1 Å². The highest BCUT2D eigenvalue weighted by Gasteiger charge is 2.03. The zero-order chi connectivity index (χ0) is 8.97. The van der Waals surface area contributed by atoms with E-state index >= 15 is 0 Å². The molecule has 0 aliphatic heterocycles. The third-order valence-electron chi connectivity index (χ3n) is 1.57. The Kier molecular flexibility index (Phi) is 3.04. The summed E-state index contributed by atoms with van der Waals surface area (Å²) in [6, 6.07) is 0.577. The lowest BCUT2D eigenvalue weighted by Crippen LogP contribution is -2.28. The summed E-state index contributed by atoms with van der Waals surface area (Å²) < 4.78 is 4.83. The number of nitrogens with one attached hydrogen (secondary N) is 1. The van der Waals surface area contributed by atoms with Crippen LogP contribution in [-0.2, 0) is 0 Å². The highest BCUT2D eigenvalue weighted by atomic mass is 16.5. The first-order valence-electron chi connectivity index (χ1n) is 4.02. The molecule has 0 saturated carbocycles. The molecule has 0 aliphatic rings. The van der Waals surface area contributed by atoms with Crippen LogP contribution in [0.25, 0.3) is 0 Å². The minimum Gasteiger partial charge on any atom is -0.336 e. The number of aromatic nitrogens is 2. The zero-order valence-corrected chi connectivity index (χ0v) is 7.37. The number of nitrogens with zero attached hydrogens (tertiary/aromatic N) is 2. The summed E-state index contributed by atoms with van der Waals surface area (Å²) >= 11 is 0. The van der Waals surface area contributed by atoms with Gasteiger partial charge in [-0.2, -0.15) is 4.98 Å². The van der Waals surface area contributed by atoms with Gasteiger partial charge >= 0.3 is 6.01 Å². The number of nitrogens with two attached hydrogens (primary N) is 1. The number of anilines is 1. The van der Waals surface area contributed by atoms with E-state index in [4.69, 9.17) is 10.3 Å². The van der Waals surface area contributed by atoms with Gasteiger partial charge in [-0.05, 0) is 13.3 Å². The SMILES string of the molecule is CCC(N)CNc1nc(C)no1. The summed E-state index contributed by atoms with van der Waals surface area (Å²) in [6.07, 6.45) is 0.931. The van der Waals surface area contributed by atoms with E-state index in [1.165, 1.54) is 0 Å². The maximum Gasteiger partial charge on any atom is 0.321 e. The normalized spacial score (nSPS) is 12.9. The van der Waals surface area contributed by atoms with E-state index in [-0.39, 0.29) is 6.04 Å². The Hall–Kier alpha value is -1.10. The van der Waals surface area contributed by atoms with Crippen LogP contribution >= 0.6 is 0 Å². The molecule has 5 heteroatoms. The molecule has 0 amide bonds. The Balaban J connectivity index is 2.33.